The van der Waals surface area contributed by atoms with Gasteiger partial charge in [0.05, 0.1) is 6.04 Å². The fourth-order valence-corrected chi connectivity index (χ4v) is 4.70. The van der Waals surface area contributed by atoms with E-state index in [1.165, 1.54) is 11.1 Å². The number of nitrogens with zero attached hydrogens (tertiary/aromatic N) is 2. The molecular weight excluding hydrogens is 479 g/mol. The SMILES string of the molecule is O=C(c1ccc(Cl)cc1)N1CCC(=Cc2ccc(C3=NC(Cc4ccc(Cl)cc4)CO3)cc2)CC1. The van der Waals surface area contributed by atoms with Crippen molar-refractivity contribution in [2.75, 3.05) is 19.7 Å². The monoisotopic (exact) mass is 504 g/mol. The first-order chi connectivity index (χ1) is 17.0. The van der Waals surface area contributed by atoms with E-state index in [0.29, 0.717) is 23.1 Å². The summed E-state index contributed by atoms with van der Waals surface area (Å²) in [5, 5.41) is 1.38. The summed E-state index contributed by atoms with van der Waals surface area (Å²) in [5.74, 6) is 0.772. The Morgan fingerprint density at radius 3 is 2.20 bits per heavy atom. The molecule has 0 bridgehead atoms. The standard InChI is InChI=1S/C29H26Cl2N2O2/c30-25-9-3-21(4-10-25)18-27-19-35-28(32-27)23-5-1-20(2-6-23)17-22-13-15-33(16-14-22)29(34)24-7-11-26(31)12-8-24/h1-12,17,27H,13-16,18-19H2. The predicted octanol–water partition coefficient (Wildman–Crippen LogP) is 6.70. The van der Waals surface area contributed by atoms with Crippen LogP contribution in [0.25, 0.3) is 6.08 Å². The van der Waals surface area contributed by atoms with Crippen molar-refractivity contribution in [2.24, 2.45) is 4.99 Å². The van der Waals surface area contributed by atoms with Gasteiger partial charge in [-0.15, -0.1) is 0 Å². The van der Waals surface area contributed by atoms with Gasteiger partial charge in [0.1, 0.15) is 6.61 Å². The Morgan fingerprint density at radius 1 is 0.914 bits per heavy atom. The summed E-state index contributed by atoms with van der Waals surface area (Å²) in [5.41, 5.74) is 5.39. The molecule has 4 nitrogen and oxygen atoms in total. The molecule has 0 N–H and O–H groups in total. The third kappa shape index (κ3) is 5.95. The summed E-state index contributed by atoms with van der Waals surface area (Å²) in [6.45, 7) is 2.05. The van der Waals surface area contributed by atoms with Gasteiger partial charge in [-0.3, -0.25) is 4.79 Å². The van der Waals surface area contributed by atoms with Gasteiger partial charge in [-0.2, -0.15) is 0 Å². The molecule has 6 heteroatoms. The van der Waals surface area contributed by atoms with Crippen LogP contribution in [0, 0.1) is 0 Å². The number of ether oxygens (including phenoxy) is 1. The molecule has 0 spiro atoms. The van der Waals surface area contributed by atoms with Gasteiger partial charge in [0.15, 0.2) is 0 Å². The molecule has 178 valence electrons. The fourth-order valence-electron chi connectivity index (χ4n) is 4.44. The van der Waals surface area contributed by atoms with Crippen LogP contribution < -0.4 is 0 Å². The number of aliphatic imine (C=N–C) groups is 1. The number of piperidine rings is 1. The number of benzene rings is 3. The van der Waals surface area contributed by atoms with Crippen LogP contribution in [0.4, 0.5) is 0 Å². The summed E-state index contributed by atoms with van der Waals surface area (Å²) in [6, 6.07) is 23.4. The van der Waals surface area contributed by atoms with Gasteiger partial charge in [0.2, 0.25) is 5.90 Å². The van der Waals surface area contributed by atoms with Gasteiger partial charge in [-0.1, -0.05) is 59.1 Å². The Hall–Kier alpha value is -3.08. The predicted molar refractivity (Wildman–Crippen MR) is 142 cm³/mol. The van der Waals surface area contributed by atoms with Crippen LogP contribution in [0.1, 0.15) is 39.9 Å². The molecule has 1 unspecified atom stereocenters. The van der Waals surface area contributed by atoms with Crippen LogP contribution in [0.2, 0.25) is 10.0 Å². The second-order valence-corrected chi connectivity index (χ2v) is 9.83. The van der Waals surface area contributed by atoms with E-state index in [1.807, 2.05) is 29.2 Å². The van der Waals surface area contributed by atoms with Gasteiger partial charge in [0, 0.05) is 34.3 Å². The van der Waals surface area contributed by atoms with Gasteiger partial charge in [0.25, 0.3) is 5.91 Å². The minimum Gasteiger partial charge on any atom is -0.475 e. The maximum Gasteiger partial charge on any atom is 0.253 e. The van der Waals surface area contributed by atoms with Crippen molar-refractivity contribution >= 4 is 41.1 Å². The number of halogens is 2. The van der Waals surface area contributed by atoms with E-state index in [4.69, 9.17) is 32.9 Å². The van der Waals surface area contributed by atoms with Crippen LogP contribution in [-0.2, 0) is 11.2 Å². The number of hydrogen-bond acceptors (Lipinski definition) is 3. The molecule has 0 radical (unpaired) electrons. The zero-order valence-corrected chi connectivity index (χ0v) is 20.8. The van der Waals surface area contributed by atoms with Gasteiger partial charge in [-0.05, 0) is 78.9 Å². The van der Waals surface area contributed by atoms with Crippen LogP contribution in [0.5, 0.6) is 0 Å². The van der Waals surface area contributed by atoms with E-state index < -0.39 is 0 Å². The van der Waals surface area contributed by atoms with Crippen molar-refractivity contribution in [1.29, 1.82) is 0 Å². The first-order valence-corrected chi connectivity index (χ1v) is 12.6. The quantitative estimate of drug-likeness (QED) is 0.387. The molecule has 2 aliphatic rings. The summed E-state index contributed by atoms with van der Waals surface area (Å²) in [7, 11) is 0. The Balaban J connectivity index is 1.16. The molecule has 0 saturated carbocycles. The lowest BCUT2D eigenvalue weighted by Crippen LogP contribution is -2.36. The number of likely N-dealkylation sites (tertiary alicyclic amines) is 1. The third-order valence-electron chi connectivity index (χ3n) is 6.41. The lowest BCUT2D eigenvalue weighted by molar-refractivity contribution is 0.0744. The Labute approximate surface area is 215 Å². The molecule has 3 aromatic carbocycles. The maximum atomic E-state index is 12.7. The van der Waals surface area contributed by atoms with E-state index in [2.05, 4.69) is 30.3 Å². The van der Waals surface area contributed by atoms with Crippen LogP contribution in [0.3, 0.4) is 0 Å². The van der Waals surface area contributed by atoms with Gasteiger partial charge in [-0.25, -0.2) is 4.99 Å². The highest BCUT2D eigenvalue weighted by Gasteiger charge is 2.22. The Kier molecular flexibility index (Phi) is 7.21. The minimum atomic E-state index is 0.0665. The van der Waals surface area contributed by atoms with Crippen molar-refractivity contribution in [3.05, 3.63) is 111 Å². The van der Waals surface area contributed by atoms with Gasteiger partial charge < -0.3 is 9.64 Å². The molecule has 35 heavy (non-hydrogen) atoms. The first-order valence-electron chi connectivity index (χ1n) is 11.8. The number of hydrogen-bond donors (Lipinski definition) is 0. The highest BCUT2D eigenvalue weighted by atomic mass is 35.5. The maximum absolute atomic E-state index is 12.7. The van der Waals surface area contributed by atoms with E-state index in [9.17, 15) is 4.79 Å². The molecule has 1 amide bonds. The average Bonchev–Trinajstić information content (AvgIpc) is 3.35. The lowest BCUT2D eigenvalue weighted by Gasteiger charge is -2.28. The van der Waals surface area contributed by atoms with E-state index in [0.717, 1.165) is 48.5 Å². The molecule has 1 saturated heterocycles. The minimum absolute atomic E-state index is 0.0665. The normalized spacial score (nSPS) is 17.7. The topological polar surface area (TPSA) is 41.9 Å². The summed E-state index contributed by atoms with van der Waals surface area (Å²) < 4.78 is 5.88. The highest BCUT2D eigenvalue weighted by molar-refractivity contribution is 6.30. The molecule has 5 rings (SSSR count). The molecule has 0 aromatic heterocycles. The van der Waals surface area contributed by atoms with E-state index >= 15 is 0 Å². The summed E-state index contributed by atoms with van der Waals surface area (Å²) in [6.07, 6.45) is 4.82. The zero-order valence-electron chi connectivity index (χ0n) is 19.3. The summed E-state index contributed by atoms with van der Waals surface area (Å²) >= 11 is 11.9. The van der Waals surface area contributed by atoms with Gasteiger partial charge >= 0.3 is 0 Å². The number of carbonyl (C=O) groups excluding carboxylic acids is 1. The van der Waals surface area contributed by atoms with E-state index in [1.54, 1.807) is 24.3 Å². The van der Waals surface area contributed by atoms with E-state index in [-0.39, 0.29) is 11.9 Å². The van der Waals surface area contributed by atoms with Crippen molar-refractivity contribution in [3.63, 3.8) is 0 Å². The molecule has 1 atom stereocenters. The number of rotatable bonds is 5. The molecule has 2 aliphatic heterocycles. The zero-order chi connectivity index (χ0) is 24.2. The van der Waals surface area contributed by atoms with Crippen molar-refractivity contribution < 1.29 is 9.53 Å². The van der Waals surface area contributed by atoms with Crippen LogP contribution in [-0.4, -0.2) is 42.4 Å². The summed E-state index contributed by atoms with van der Waals surface area (Å²) in [4.78, 5) is 19.4. The smallest absolute Gasteiger partial charge is 0.253 e. The number of carbonyl (C=O) groups is 1. The molecule has 1 fully saturated rings. The largest absolute Gasteiger partial charge is 0.475 e. The fraction of sp³-hybridized carbons (Fsp3) is 0.241. The highest BCUT2D eigenvalue weighted by Crippen LogP contribution is 2.23. The van der Waals surface area contributed by atoms with Crippen molar-refractivity contribution in [1.82, 2.24) is 4.90 Å². The average molecular weight is 505 g/mol. The molecular formula is C29H26Cl2N2O2. The third-order valence-corrected chi connectivity index (χ3v) is 6.91. The molecule has 0 aliphatic carbocycles. The Bertz CT molecular complexity index is 1240. The Morgan fingerprint density at radius 2 is 1.54 bits per heavy atom. The van der Waals surface area contributed by atoms with Crippen LogP contribution >= 0.6 is 23.2 Å². The van der Waals surface area contributed by atoms with Crippen molar-refractivity contribution in [3.8, 4) is 0 Å². The van der Waals surface area contributed by atoms with Crippen LogP contribution in [0.15, 0.2) is 83.4 Å². The second-order valence-electron chi connectivity index (χ2n) is 8.95. The molecule has 3 aromatic rings. The molecule has 2 heterocycles. The second kappa shape index (κ2) is 10.7. The van der Waals surface area contributed by atoms with Crippen molar-refractivity contribution in [2.45, 2.75) is 25.3 Å². The first kappa shape index (κ1) is 23.7. The lowest BCUT2D eigenvalue weighted by atomic mass is 9.99. The number of amides is 1.